The van der Waals surface area contributed by atoms with Crippen LogP contribution in [0.3, 0.4) is 0 Å². The van der Waals surface area contributed by atoms with Gasteiger partial charge in [-0.05, 0) is 36.8 Å². The third-order valence-electron chi connectivity index (χ3n) is 5.36. The summed E-state index contributed by atoms with van der Waals surface area (Å²) in [5.74, 6) is 1.27. The van der Waals surface area contributed by atoms with Crippen LogP contribution in [0, 0.1) is 6.92 Å². The van der Waals surface area contributed by atoms with Gasteiger partial charge in [0.15, 0.2) is 0 Å². The molecule has 0 saturated carbocycles. The van der Waals surface area contributed by atoms with Crippen LogP contribution >= 0.6 is 0 Å². The van der Waals surface area contributed by atoms with Gasteiger partial charge >= 0.3 is 0 Å². The number of benzene rings is 1. The zero-order chi connectivity index (χ0) is 18.4. The number of hydrogen-bond acceptors (Lipinski definition) is 4. The zero-order valence-electron chi connectivity index (χ0n) is 15.1. The lowest BCUT2D eigenvalue weighted by Gasteiger charge is -2.34. The van der Waals surface area contributed by atoms with E-state index in [-0.39, 0.29) is 11.8 Å². The molecular weight excluding hydrogens is 338 g/mol. The van der Waals surface area contributed by atoms with Crippen molar-refractivity contribution in [2.24, 2.45) is 0 Å². The number of phenolic OH excluding ortho intramolecular Hbond substituents is 1. The Bertz CT molecular complexity index is 1110. The third kappa shape index (κ3) is 2.69. The Balaban J connectivity index is 1.58. The topological polar surface area (TPSA) is 69.5 Å². The van der Waals surface area contributed by atoms with Gasteiger partial charge in [-0.25, -0.2) is 9.97 Å². The monoisotopic (exact) mass is 359 g/mol. The highest BCUT2D eigenvalue weighted by Gasteiger charge is 2.32. The van der Waals surface area contributed by atoms with Crippen molar-refractivity contribution in [2.45, 2.75) is 25.9 Å². The molecule has 0 spiro atoms. The number of hydrogen-bond donors (Lipinski definition) is 2. The molecule has 0 aliphatic carbocycles. The summed E-state index contributed by atoms with van der Waals surface area (Å²) in [6, 6.07) is 13.7. The van der Waals surface area contributed by atoms with Crippen LogP contribution in [0.15, 0.2) is 55.0 Å². The van der Waals surface area contributed by atoms with Crippen molar-refractivity contribution in [3.63, 3.8) is 0 Å². The Morgan fingerprint density at radius 3 is 3.04 bits per heavy atom. The molecule has 0 bridgehead atoms. The fraction of sp³-hybridized carbons (Fsp3) is 0.238. The van der Waals surface area contributed by atoms with Crippen molar-refractivity contribution in [3.8, 4) is 5.75 Å². The summed E-state index contributed by atoms with van der Waals surface area (Å²) in [5, 5.41) is 10.0. The Morgan fingerprint density at radius 2 is 2.15 bits per heavy atom. The van der Waals surface area contributed by atoms with Gasteiger partial charge in [-0.3, -0.25) is 4.90 Å². The van der Waals surface area contributed by atoms with Gasteiger partial charge in [0.2, 0.25) is 0 Å². The second kappa shape index (κ2) is 6.25. The number of pyridine rings is 1. The first-order valence-electron chi connectivity index (χ1n) is 9.18. The van der Waals surface area contributed by atoms with Crippen molar-refractivity contribution in [2.75, 3.05) is 6.54 Å². The Labute approximate surface area is 157 Å². The van der Waals surface area contributed by atoms with Crippen LogP contribution in [-0.4, -0.2) is 35.9 Å². The number of phenols is 1. The number of aryl methyl sites for hydroxylation is 1. The van der Waals surface area contributed by atoms with Gasteiger partial charge in [0.1, 0.15) is 11.6 Å². The summed E-state index contributed by atoms with van der Waals surface area (Å²) in [5.41, 5.74) is 5.45. The lowest BCUT2D eigenvalue weighted by atomic mass is 9.95. The van der Waals surface area contributed by atoms with E-state index in [1.165, 1.54) is 5.69 Å². The fourth-order valence-electron chi connectivity index (χ4n) is 4.13. The SMILES string of the molecule is Cc1nc(CN2CCc3[nH]cnc3C2c2cccc(O)c2)c2ccccn12. The van der Waals surface area contributed by atoms with Gasteiger partial charge in [-0.15, -0.1) is 0 Å². The van der Waals surface area contributed by atoms with Crippen molar-refractivity contribution in [1.82, 2.24) is 24.3 Å². The minimum atomic E-state index is -0.00660. The lowest BCUT2D eigenvalue weighted by molar-refractivity contribution is 0.198. The number of fused-ring (bicyclic) bond motifs is 2. The highest BCUT2D eigenvalue weighted by Crippen LogP contribution is 2.35. The normalized spacial score (nSPS) is 17.3. The summed E-state index contributed by atoms with van der Waals surface area (Å²) >= 11 is 0. The van der Waals surface area contributed by atoms with Crippen LogP contribution in [0.4, 0.5) is 0 Å². The molecule has 1 atom stereocenters. The molecule has 1 aliphatic heterocycles. The van der Waals surface area contributed by atoms with E-state index in [9.17, 15) is 5.11 Å². The summed E-state index contributed by atoms with van der Waals surface area (Å²) < 4.78 is 2.13. The van der Waals surface area contributed by atoms with Crippen LogP contribution in [0.2, 0.25) is 0 Å². The molecule has 1 aliphatic rings. The van der Waals surface area contributed by atoms with Crippen LogP contribution in [-0.2, 0) is 13.0 Å². The number of H-pyrrole nitrogens is 1. The molecule has 0 amide bonds. The first kappa shape index (κ1) is 16.1. The van der Waals surface area contributed by atoms with Crippen LogP contribution < -0.4 is 0 Å². The van der Waals surface area contributed by atoms with E-state index in [1.54, 1.807) is 12.4 Å². The maximum absolute atomic E-state index is 10.0. The molecular formula is C21H21N5O. The molecule has 1 aromatic carbocycles. The lowest BCUT2D eigenvalue weighted by Crippen LogP contribution is -2.36. The smallest absolute Gasteiger partial charge is 0.115 e. The summed E-state index contributed by atoms with van der Waals surface area (Å²) in [7, 11) is 0. The molecule has 4 heterocycles. The number of imidazole rings is 2. The van der Waals surface area contributed by atoms with E-state index < -0.39 is 0 Å². The maximum Gasteiger partial charge on any atom is 0.115 e. The Morgan fingerprint density at radius 1 is 1.22 bits per heavy atom. The number of aromatic nitrogens is 4. The van der Waals surface area contributed by atoms with Gasteiger partial charge in [0.25, 0.3) is 0 Å². The Hall–Kier alpha value is -3.12. The molecule has 0 radical (unpaired) electrons. The summed E-state index contributed by atoms with van der Waals surface area (Å²) in [4.78, 5) is 15.1. The molecule has 4 aromatic rings. The third-order valence-corrected chi connectivity index (χ3v) is 5.36. The molecule has 0 saturated heterocycles. The summed E-state index contributed by atoms with van der Waals surface area (Å²) in [6.45, 7) is 3.67. The molecule has 2 N–H and O–H groups in total. The van der Waals surface area contributed by atoms with Gasteiger partial charge in [-0.2, -0.15) is 0 Å². The fourth-order valence-corrected chi connectivity index (χ4v) is 4.13. The van der Waals surface area contributed by atoms with Crippen molar-refractivity contribution >= 4 is 5.52 Å². The molecule has 3 aromatic heterocycles. The van der Waals surface area contributed by atoms with E-state index >= 15 is 0 Å². The van der Waals surface area contributed by atoms with E-state index in [4.69, 9.17) is 4.98 Å². The molecule has 1 unspecified atom stereocenters. The predicted molar refractivity (Wildman–Crippen MR) is 103 cm³/mol. The van der Waals surface area contributed by atoms with Crippen LogP contribution in [0.5, 0.6) is 5.75 Å². The minimum absolute atomic E-state index is 0.00660. The maximum atomic E-state index is 10.0. The van der Waals surface area contributed by atoms with E-state index in [2.05, 4.69) is 43.7 Å². The number of rotatable bonds is 3. The van der Waals surface area contributed by atoms with Crippen molar-refractivity contribution in [1.29, 1.82) is 0 Å². The van der Waals surface area contributed by atoms with Crippen molar-refractivity contribution < 1.29 is 5.11 Å². The number of nitrogens with zero attached hydrogens (tertiary/aromatic N) is 4. The predicted octanol–water partition coefficient (Wildman–Crippen LogP) is 3.22. The zero-order valence-corrected chi connectivity index (χ0v) is 15.1. The van der Waals surface area contributed by atoms with Gasteiger partial charge in [0, 0.05) is 31.4 Å². The molecule has 136 valence electrons. The first-order valence-corrected chi connectivity index (χ1v) is 9.18. The summed E-state index contributed by atoms with van der Waals surface area (Å²) in [6.07, 6.45) is 4.74. The highest BCUT2D eigenvalue weighted by molar-refractivity contribution is 5.53. The van der Waals surface area contributed by atoms with Crippen molar-refractivity contribution in [3.05, 3.63) is 83.5 Å². The second-order valence-electron chi connectivity index (χ2n) is 7.05. The number of aromatic hydroxyl groups is 1. The number of nitrogens with one attached hydrogen (secondary N) is 1. The second-order valence-corrected chi connectivity index (χ2v) is 7.05. The standard InChI is InChI=1S/C21H21N5O/c1-14-24-18(19-7-2-3-9-26(14)19)12-25-10-8-17-20(23-13-22-17)21(25)15-5-4-6-16(27)11-15/h2-7,9,11,13,21,27H,8,10,12H2,1H3,(H,22,23). The molecule has 0 fully saturated rings. The Kier molecular flexibility index (Phi) is 3.72. The average Bonchev–Trinajstić information content (AvgIpc) is 3.27. The van der Waals surface area contributed by atoms with Gasteiger partial charge in [0.05, 0.1) is 29.3 Å². The highest BCUT2D eigenvalue weighted by atomic mass is 16.3. The molecule has 6 nitrogen and oxygen atoms in total. The van der Waals surface area contributed by atoms with E-state index in [0.29, 0.717) is 0 Å². The van der Waals surface area contributed by atoms with E-state index in [1.807, 2.05) is 25.1 Å². The molecule has 5 rings (SSSR count). The number of aromatic amines is 1. The van der Waals surface area contributed by atoms with Crippen LogP contribution in [0.25, 0.3) is 5.52 Å². The minimum Gasteiger partial charge on any atom is -0.508 e. The van der Waals surface area contributed by atoms with Gasteiger partial charge in [-0.1, -0.05) is 18.2 Å². The molecule has 6 heteroatoms. The first-order chi connectivity index (χ1) is 13.2. The average molecular weight is 359 g/mol. The van der Waals surface area contributed by atoms with Gasteiger partial charge < -0.3 is 14.5 Å². The van der Waals surface area contributed by atoms with E-state index in [0.717, 1.165) is 47.8 Å². The largest absolute Gasteiger partial charge is 0.508 e. The quantitative estimate of drug-likeness (QED) is 0.589. The van der Waals surface area contributed by atoms with Crippen LogP contribution in [0.1, 0.15) is 34.5 Å². The molecule has 27 heavy (non-hydrogen) atoms.